The van der Waals surface area contributed by atoms with Gasteiger partial charge in [-0.3, -0.25) is 0 Å². The van der Waals surface area contributed by atoms with Gasteiger partial charge in [0.15, 0.2) is 0 Å². The smallest absolute Gasteiger partial charge is 0.147 e. The molecule has 0 aromatic carbocycles. The summed E-state index contributed by atoms with van der Waals surface area (Å²) in [5.74, 6) is -0.560. The fourth-order valence-electron chi connectivity index (χ4n) is 3.44. The summed E-state index contributed by atoms with van der Waals surface area (Å²) in [4.78, 5) is 0. The van der Waals surface area contributed by atoms with Crippen molar-refractivity contribution in [1.82, 2.24) is 3.80 Å². The van der Waals surface area contributed by atoms with E-state index in [1.807, 2.05) is 0 Å². The number of nitrogens with one attached hydrogen (secondary N) is 1. The minimum absolute atomic E-state index is 0. The van der Waals surface area contributed by atoms with E-state index in [1.165, 1.54) is 24.8 Å². The van der Waals surface area contributed by atoms with Crippen molar-refractivity contribution in [1.29, 1.82) is 0 Å². The van der Waals surface area contributed by atoms with E-state index in [9.17, 15) is 0 Å². The standard InChI is InChI=1S/C14H17Si.C4H10N.2ClH.Ti/c1-15(2)14-7-6-12-8-10-4-3-5-11(10)9-13(12)14;1-4(2,3)5;;;/h6-10H,3-5H2,1-2H3;5H,1-3H3;2*1H;/q;-1;;;+1. The third-order valence-corrected chi connectivity index (χ3v) is 13.1. The maximum absolute atomic E-state index is 3.86. The molecule has 1 atom stereocenters. The van der Waals surface area contributed by atoms with E-state index in [0.717, 1.165) is 5.92 Å². The van der Waals surface area contributed by atoms with Crippen molar-refractivity contribution in [3.05, 3.63) is 46.2 Å². The van der Waals surface area contributed by atoms with Gasteiger partial charge in [0.25, 0.3) is 0 Å². The molecule has 0 aliphatic heterocycles. The summed E-state index contributed by atoms with van der Waals surface area (Å²) in [6.45, 7) is 12.0. The summed E-state index contributed by atoms with van der Waals surface area (Å²) < 4.78 is 3.86. The molecule has 0 radical (unpaired) electrons. The average Bonchev–Trinajstić information content (AvgIpc) is 2.98. The van der Waals surface area contributed by atoms with Gasteiger partial charge in [0.1, 0.15) is 0 Å². The van der Waals surface area contributed by atoms with Crippen LogP contribution in [0.1, 0.15) is 40.0 Å². The van der Waals surface area contributed by atoms with Crippen LogP contribution in [0, 0.1) is 5.92 Å². The summed E-state index contributed by atoms with van der Waals surface area (Å²) >= 11 is -0.0999. The molecule has 5 heteroatoms. The number of hydrogen-bond donors (Lipinski definition) is 1. The number of rotatable bonds is 3. The fraction of sp³-hybridized carbons (Fsp3) is 0.556. The van der Waals surface area contributed by atoms with Gasteiger partial charge in [-0.2, -0.15) is 0 Å². The topological polar surface area (TPSA) is 12.0 Å². The molecule has 0 amide bonds. The van der Waals surface area contributed by atoms with E-state index in [2.05, 4.69) is 62.0 Å². The van der Waals surface area contributed by atoms with E-state index in [-0.39, 0.29) is 49.0 Å². The Balaban J connectivity index is 0.00000132. The number of fused-ring (bicyclic) bond motifs is 2. The predicted octanol–water partition coefficient (Wildman–Crippen LogP) is 5.49. The molecule has 3 aliphatic rings. The molecular formula is C18H29Cl2NSiTi. The van der Waals surface area contributed by atoms with E-state index < -0.39 is 5.94 Å². The first-order chi connectivity index (χ1) is 9.76. The molecule has 1 saturated carbocycles. The predicted molar refractivity (Wildman–Crippen MR) is 105 cm³/mol. The van der Waals surface area contributed by atoms with Gasteiger partial charge in [0.2, 0.25) is 0 Å². The normalized spacial score (nSPS) is 22.6. The van der Waals surface area contributed by atoms with Gasteiger partial charge in [0.05, 0.1) is 0 Å². The van der Waals surface area contributed by atoms with E-state index >= 15 is 0 Å². The molecule has 1 nitrogen and oxygen atoms in total. The van der Waals surface area contributed by atoms with Crippen LogP contribution in [0.25, 0.3) is 0 Å². The number of hydrogen-bond acceptors (Lipinski definition) is 1. The molecular weight excluding hydrogens is 377 g/mol. The van der Waals surface area contributed by atoms with Crippen molar-refractivity contribution < 1.29 is 18.7 Å². The van der Waals surface area contributed by atoms with Crippen molar-refractivity contribution in [2.24, 2.45) is 5.92 Å². The Kier molecular flexibility index (Phi) is 7.25. The molecule has 1 unspecified atom stereocenters. The molecule has 1 N–H and O–H groups in total. The van der Waals surface area contributed by atoms with Gasteiger partial charge in [0, 0.05) is 0 Å². The molecule has 1 fully saturated rings. The second-order valence-electron chi connectivity index (χ2n) is 8.13. The fourth-order valence-corrected chi connectivity index (χ4v) is 10.5. The Morgan fingerprint density at radius 3 is 2.52 bits per heavy atom. The maximum Gasteiger partial charge on any atom is -0.147 e. The molecule has 0 aromatic rings. The molecule has 0 heterocycles. The van der Waals surface area contributed by atoms with Crippen molar-refractivity contribution in [2.75, 3.05) is 0 Å². The van der Waals surface area contributed by atoms with Crippen LogP contribution in [0.3, 0.4) is 0 Å². The third-order valence-electron chi connectivity index (χ3n) is 4.62. The van der Waals surface area contributed by atoms with Crippen molar-refractivity contribution in [3.63, 3.8) is 0 Å². The quantitative estimate of drug-likeness (QED) is 0.611. The average molecular weight is 406 g/mol. The van der Waals surface area contributed by atoms with E-state index in [1.54, 1.807) is 16.3 Å². The number of allylic oxidation sites excluding steroid dienone is 8. The van der Waals surface area contributed by atoms with Gasteiger partial charge in [-0.1, -0.05) is 0 Å². The maximum atomic E-state index is 3.86. The van der Waals surface area contributed by atoms with Crippen molar-refractivity contribution in [2.45, 2.75) is 58.7 Å². The van der Waals surface area contributed by atoms with Gasteiger partial charge in [-0.05, 0) is 0 Å². The minimum atomic E-state index is -1.31. The van der Waals surface area contributed by atoms with Crippen LogP contribution in [0.4, 0.5) is 0 Å². The monoisotopic (exact) mass is 405 g/mol. The largest absolute Gasteiger partial charge is 0.147 e. The van der Waals surface area contributed by atoms with Gasteiger partial charge in [-0.25, -0.2) is 0 Å². The van der Waals surface area contributed by atoms with Crippen LogP contribution in [0.5, 0.6) is 0 Å². The molecule has 23 heavy (non-hydrogen) atoms. The first-order valence-electron chi connectivity index (χ1n) is 8.16. The van der Waals surface area contributed by atoms with Crippen molar-refractivity contribution >= 4 is 30.8 Å². The zero-order valence-corrected chi connectivity index (χ0v) is 19.0. The second-order valence-corrected chi connectivity index (χ2v) is 19.6. The summed E-state index contributed by atoms with van der Waals surface area (Å²) in [7, 11) is 0. The summed E-state index contributed by atoms with van der Waals surface area (Å²) in [5, 5.41) is 1.70. The Labute approximate surface area is 163 Å². The Bertz CT molecular complexity index is 582. The first-order valence-corrected chi connectivity index (χ1v) is 14.3. The number of halogens is 2. The minimum Gasteiger partial charge on any atom is -0.147 e. The SMILES string of the molecule is CC(C)(C)[NH][Ti][Si](C)(C)C1=C2C=C3CCCC3C=C2C=C1.Cl.Cl. The zero-order chi connectivity index (χ0) is 15.3. The van der Waals surface area contributed by atoms with Crippen LogP contribution in [-0.2, 0) is 18.7 Å². The summed E-state index contributed by atoms with van der Waals surface area (Å²) in [6.07, 6.45) is 14.0. The molecule has 0 bridgehead atoms. The second kappa shape index (κ2) is 7.76. The summed E-state index contributed by atoms with van der Waals surface area (Å²) in [5.41, 5.74) is 5.06. The molecule has 3 rings (SSSR count). The van der Waals surface area contributed by atoms with Crippen LogP contribution in [-0.4, -0.2) is 11.5 Å². The molecule has 0 saturated heterocycles. The van der Waals surface area contributed by atoms with E-state index in [4.69, 9.17) is 0 Å². The van der Waals surface area contributed by atoms with Gasteiger partial charge < -0.3 is 0 Å². The Morgan fingerprint density at radius 2 is 1.87 bits per heavy atom. The first kappa shape index (κ1) is 21.5. The Hall–Kier alpha value is 0.431. The van der Waals surface area contributed by atoms with Crippen LogP contribution < -0.4 is 3.80 Å². The van der Waals surface area contributed by atoms with Gasteiger partial charge in [-0.15, -0.1) is 24.8 Å². The van der Waals surface area contributed by atoms with Crippen molar-refractivity contribution in [3.8, 4) is 0 Å². The Morgan fingerprint density at radius 1 is 1.17 bits per heavy atom. The molecule has 128 valence electrons. The third kappa shape index (κ3) is 4.74. The van der Waals surface area contributed by atoms with Crippen LogP contribution in [0.2, 0.25) is 13.1 Å². The molecule has 0 spiro atoms. The van der Waals surface area contributed by atoms with Crippen LogP contribution in [0.15, 0.2) is 46.2 Å². The molecule has 0 aromatic heterocycles. The van der Waals surface area contributed by atoms with Crippen LogP contribution >= 0.6 is 24.8 Å². The molecule has 3 aliphatic carbocycles. The van der Waals surface area contributed by atoms with E-state index in [0.29, 0.717) is 0 Å². The summed E-state index contributed by atoms with van der Waals surface area (Å²) in [6, 6.07) is 0. The zero-order valence-electron chi connectivity index (χ0n) is 14.8. The van der Waals surface area contributed by atoms with Gasteiger partial charge >= 0.3 is 139 Å².